The zero-order chi connectivity index (χ0) is 16.8. The first-order chi connectivity index (χ1) is 10.2. The van der Waals surface area contributed by atoms with E-state index in [4.69, 9.17) is 0 Å². The second-order valence-corrected chi connectivity index (χ2v) is 6.37. The summed E-state index contributed by atoms with van der Waals surface area (Å²) in [5.41, 5.74) is 0.234. The maximum Gasteiger partial charge on any atom is 0.251 e. The Morgan fingerprint density at radius 2 is 1.82 bits per heavy atom. The van der Waals surface area contributed by atoms with Crippen molar-refractivity contribution in [3.8, 4) is 0 Å². The van der Waals surface area contributed by atoms with Gasteiger partial charge in [-0.25, -0.2) is 0 Å². The molecule has 1 unspecified atom stereocenters. The quantitative estimate of drug-likeness (QED) is 0.724. The first kappa shape index (κ1) is 18.2. The van der Waals surface area contributed by atoms with Gasteiger partial charge in [-0.2, -0.15) is 0 Å². The van der Waals surface area contributed by atoms with Crippen molar-refractivity contribution in [2.24, 2.45) is 5.92 Å². The van der Waals surface area contributed by atoms with Crippen molar-refractivity contribution in [2.45, 2.75) is 46.1 Å². The van der Waals surface area contributed by atoms with Crippen molar-refractivity contribution in [3.05, 3.63) is 29.8 Å². The summed E-state index contributed by atoms with van der Waals surface area (Å²) in [6.07, 6.45) is 1.56. The van der Waals surface area contributed by atoms with E-state index in [1.54, 1.807) is 31.2 Å². The topological polar surface area (TPSA) is 78.4 Å². The lowest BCUT2D eigenvalue weighted by molar-refractivity contribution is -0.114. The zero-order valence-electron chi connectivity index (χ0n) is 13.8. The average Bonchev–Trinajstić information content (AvgIpc) is 2.43. The summed E-state index contributed by atoms with van der Waals surface area (Å²) in [6, 6.07) is 6.63. The largest absolute Gasteiger partial charge is 0.388 e. The molecule has 1 rings (SSSR count). The molecule has 0 aliphatic rings. The third-order valence-electron chi connectivity index (χ3n) is 3.36. The molecule has 0 saturated heterocycles. The minimum atomic E-state index is -0.907. The van der Waals surface area contributed by atoms with Crippen LogP contribution in [0, 0.1) is 5.92 Å². The SMILES string of the molecule is CC(=O)Nc1ccc(C(=O)NCC(C)(O)CCC(C)C)cc1. The van der Waals surface area contributed by atoms with E-state index in [0.29, 0.717) is 23.6 Å². The highest BCUT2D eigenvalue weighted by molar-refractivity contribution is 5.95. The predicted octanol–water partition coefficient (Wildman–Crippen LogP) is 2.56. The van der Waals surface area contributed by atoms with Crippen molar-refractivity contribution in [2.75, 3.05) is 11.9 Å². The molecular formula is C17H26N2O3. The highest BCUT2D eigenvalue weighted by Gasteiger charge is 2.21. The molecule has 0 saturated carbocycles. The molecule has 1 aromatic carbocycles. The smallest absolute Gasteiger partial charge is 0.251 e. The summed E-state index contributed by atoms with van der Waals surface area (Å²) in [6.45, 7) is 7.58. The number of hydrogen-bond acceptors (Lipinski definition) is 3. The molecule has 1 atom stereocenters. The number of hydrogen-bond donors (Lipinski definition) is 3. The van der Waals surface area contributed by atoms with Crippen molar-refractivity contribution >= 4 is 17.5 Å². The van der Waals surface area contributed by atoms with E-state index in [-0.39, 0.29) is 18.4 Å². The van der Waals surface area contributed by atoms with Gasteiger partial charge in [0.15, 0.2) is 0 Å². The van der Waals surface area contributed by atoms with E-state index in [1.165, 1.54) is 6.92 Å². The number of amides is 2. The van der Waals surface area contributed by atoms with Gasteiger partial charge in [-0.3, -0.25) is 9.59 Å². The lowest BCUT2D eigenvalue weighted by Crippen LogP contribution is -2.40. The molecule has 2 amide bonds. The number of nitrogens with one attached hydrogen (secondary N) is 2. The van der Waals surface area contributed by atoms with Crippen LogP contribution in [0.15, 0.2) is 24.3 Å². The van der Waals surface area contributed by atoms with Gasteiger partial charge in [-0.1, -0.05) is 13.8 Å². The van der Waals surface area contributed by atoms with Crippen LogP contribution in [0.1, 0.15) is 50.9 Å². The molecule has 122 valence electrons. The molecule has 5 heteroatoms. The number of benzene rings is 1. The molecule has 3 N–H and O–H groups in total. The van der Waals surface area contributed by atoms with E-state index in [1.807, 2.05) is 0 Å². The Bertz CT molecular complexity index is 507. The number of carbonyl (C=O) groups is 2. The fraction of sp³-hybridized carbons (Fsp3) is 0.529. The molecule has 5 nitrogen and oxygen atoms in total. The molecule has 0 bridgehead atoms. The number of anilines is 1. The van der Waals surface area contributed by atoms with E-state index < -0.39 is 5.60 Å². The molecule has 0 radical (unpaired) electrons. The maximum absolute atomic E-state index is 12.1. The molecule has 0 fully saturated rings. The minimum absolute atomic E-state index is 0.154. The molecule has 22 heavy (non-hydrogen) atoms. The number of carbonyl (C=O) groups excluding carboxylic acids is 2. The van der Waals surface area contributed by atoms with Crippen LogP contribution in [0.3, 0.4) is 0 Å². The van der Waals surface area contributed by atoms with Crippen LogP contribution in [0.4, 0.5) is 5.69 Å². The zero-order valence-corrected chi connectivity index (χ0v) is 13.8. The Morgan fingerprint density at radius 1 is 1.23 bits per heavy atom. The van der Waals surface area contributed by atoms with Crippen molar-refractivity contribution in [1.29, 1.82) is 0 Å². The maximum atomic E-state index is 12.1. The van der Waals surface area contributed by atoms with Crippen LogP contribution >= 0.6 is 0 Å². The van der Waals surface area contributed by atoms with Gasteiger partial charge in [0.1, 0.15) is 0 Å². The van der Waals surface area contributed by atoms with Crippen LogP contribution in [0.2, 0.25) is 0 Å². The second kappa shape index (κ2) is 7.94. The van der Waals surface area contributed by atoms with Crippen LogP contribution in [-0.2, 0) is 4.79 Å². The normalized spacial score (nSPS) is 13.5. The molecule has 1 aromatic rings. The summed E-state index contributed by atoms with van der Waals surface area (Å²) >= 11 is 0. The third kappa shape index (κ3) is 6.72. The lowest BCUT2D eigenvalue weighted by atomic mass is 9.95. The lowest BCUT2D eigenvalue weighted by Gasteiger charge is -2.24. The molecular weight excluding hydrogens is 280 g/mol. The van der Waals surface area contributed by atoms with Crippen LogP contribution in [-0.4, -0.2) is 29.1 Å². The Balaban J connectivity index is 2.52. The van der Waals surface area contributed by atoms with E-state index in [9.17, 15) is 14.7 Å². The fourth-order valence-electron chi connectivity index (χ4n) is 1.97. The Morgan fingerprint density at radius 3 is 2.32 bits per heavy atom. The highest BCUT2D eigenvalue weighted by Crippen LogP contribution is 2.16. The van der Waals surface area contributed by atoms with E-state index in [2.05, 4.69) is 24.5 Å². The van der Waals surface area contributed by atoms with Gasteiger partial charge in [0, 0.05) is 24.7 Å². The average molecular weight is 306 g/mol. The van der Waals surface area contributed by atoms with Gasteiger partial charge in [0.05, 0.1) is 5.60 Å². The van der Waals surface area contributed by atoms with Crippen LogP contribution in [0.25, 0.3) is 0 Å². The van der Waals surface area contributed by atoms with Crippen LogP contribution < -0.4 is 10.6 Å². The third-order valence-corrected chi connectivity index (χ3v) is 3.36. The molecule has 0 spiro atoms. The van der Waals surface area contributed by atoms with Gasteiger partial charge in [-0.05, 0) is 49.9 Å². The monoisotopic (exact) mass is 306 g/mol. The van der Waals surface area contributed by atoms with Gasteiger partial charge in [0.2, 0.25) is 5.91 Å². The van der Waals surface area contributed by atoms with Gasteiger partial charge in [-0.15, -0.1) is 0 Å². The predicted molar refractivity (Wildman–Crippen MR) is 87.8 cm³/mol. The number of rotatable bonds is 7. The first-order valence-corrected chi connectivity index (χ1v) is 7.58. The minimum Gasteiger partial charge on any atom is -0.388 e. The Hall–Kier alpha value is -1.88. The summed E-state index contributed by atoms with van der Waals surface area (Å²) in [5, 5.41) is 15.6. The summed E-state index contributed by atoms with van der Waals surface area (Å²) in [4.78, 5) is 23.0. The summed E-state index contributed by atoms with van der Waals surface area (Å²) in [7, 11) is 0. The van der Waals surface area contributed by atoms with Crippen molar-refractivity contribution < 1.29 is 14.7 Å². The Kier molecular flexibility index (Phi) is 6.56. The standard InChI is InChI=1S/C17H26N2O3/c1-12(2)9-10-17(4,22)11-18-16(21)14-5-7-15(8-6-14)19-13(3)20/h5-8,12,22H,9-11H2,1-4H3,(H,18,21)(H,19,20). The van der Waals surface area contributed by atoms with Gasteiger partial charge < -0.3 is 15.7 Å². The van der Waals surface area contributed by atoms with Gasteiger partial charge >= 0.3 is 0 Å². The summed E-state index contributed by atoms with van der Waals surface area (Å²) in [5.74, 6) is 0.126. The first-order valence-electron chi connectivity index (χ1n) is 7.58. The molecule has 0 heterocycles. The van der Waals surface area contributed by atoms with E-state index in [0.717, 1.165) is 6.42 Å². The molecule has 0 aromatic heterocycles. The van der Waals surface area contributed by atoms with Crippen molar-refractivity contribution in [3.63, 3.8) is 0 Å². The Labute approximate surface area is 132 Å². The second-order valence-electron chi connectivity index (χ2n) is 6.37. The summed E-state index contributed by atoms with van der Waals surface area (Å²) < 4.78 is 0. The fourth-order valence-corrected chi connectivity index (χ4v) is 1.97. The van der Waals surface area contributed by atoms with Crippen molar-refractivity contribution in [1.82, 2.24) is 5.32 Å². The number of aliphatic hydroxyl groups is 1. The van der Waals surface area contributed by atoms with Crippen LogP contribution in [0.5, 0.6) is 0 Å². The van der Waals surface area contributed by atoms with E-state index >= 15 is 0 Å². The highest BCUT2D eigenvalue weighted by atomic mass is 16.3. The molecule has 0 aliphatic carbocycles. The molecule has 0 aliphatic heterocycles. The van der Waals surface area contributed by atoms with Gasteiger partial charge in [0.25, 0.3) is 5.91 Å².